The van der Waals surface area contributed by atoms with E-state index < -0.39 is 12.2 Å². The lowest BCUT2D eigenvalue weighted by Crippen LogP contribution is -2.35. The fourth-order valence-corrected chi connectivity index (χ4v) is 6.75. The van der Waals surface area contributed by atoms with Crippen LogP contribution >= 0.6 is 0 Å². The maximum absolute atomic E-state index is 10.5. The maximum atomic E-state index is 10.5. The van der Waals surface area contributed by atoms with Crippen LogP contribution in [0.1, 0.15) is 78.6 Å². The monoisotopic (exact) mass is 426 g/mol. The van der Waals surface area contributed by atoms with Crippen LogP contribution in [0.2, 0.25) is 0 Å². The highest BCUT2D eigenvalue weighted by Crippen LogP contribution is 2.59. The van der Waals surface area contributed by atoms with E-state index in [0.717, 1.165) is 30.4 Å². The molecule has 3 nitrogen and oxygen atoms in total. The molecule has 0 radical (unpaired) electrons. The van der Waals surface area contributed by atoms with Crippen molar-refractivity contribution in [2.24, 2.45) is 28.6 Å². The predicted octanol–water partition coefficient (Wildman–Crippen LogP) is 5.48. The Morgan fingerprint density at radius 1 is 1.06 bits per heavy atom. The van der Waals surface area contributed by atoms with E-state index in [0.29, 0.717) is 36.0 Å². The molecule has 0 saturated heterocycles. The van der Waals surface area contributed by atoms with Crippen molar-refractivity contribution < 1.29 is 15.3 Å². The molecule has 4 aliphatic carbocycles. The van der Waals surface area contributed by atoms with Gasteiger partial charge in [0.15, 0.2) is 0 Å². The zero-order valence-electron chi connectivity index (χ0n) is 19.7. The highest BCUT2D eigenvalue weighted by Gasteiger charge is 2.50. The highest BCUT2D eigenvalue weighted by atomic mass is 16.3. The van der Waals surface area contributed by atoms with E-state index in [2.05, 4.69) is 51.7 Å². The molecule has 31 heavy (non-hydrogen) atoms. The second-order valence-electron chi connectivity index (χ2n) is 11.5. The first-order valence-electron chi connectivity index (χ1n) is 12.5. The number of aliphatic hydroxyl groups excluding tert-OH is 3. The van der Waals surface area contributed by atoms with Gasteiger partial charge in [0.2, 0.25) is 0 Å². The lowest BCUT2D eigenvalue weighted by atomic mass is 9.61. The molecule has 0 spiro atoms. The first-order chi connectivity index (χ1) is 14.6. The summed E-state index contributed by atoms with van der Waals surface area (Å²) in [5.41, 5.74) is 3.74. The SMILES string of the molecule is C=C1/C(=C\C=C2/CCC[C@]3(C)[C@@H]([C@H](C)/C=C/[C@@H](O)C4(C)CC4)CC[C@@H]23)C[C@@H](O)C[C@@H]1O. The van der Waals surface area contributed by atoms with Gasteiger partial charge >= 0.3 is 0 Å². The molecule has 4 saturated carbocycles. The average molecular weight is 427 g/mol. The van der Waals surface area contributed by atoms with Crippen molar-refractivity contribution in [3.8, 4) is 0 Å². The second kappa shape index (κ2) is 8.65. The van der Waals surface area contributed by atoms with E-state index >= 15 is 0 Å². The summed E-state index contributed by atoms with van der Waals surface area (Å²) in [6.07, 6.45) is 16.8. The quantitative estimate of drug-likeness (QED) is 0.510. The van der Waals surface area contributed by atoms with Gasteiger partial charge in [-0.15, -0.1) is 0 Å². The third-order valence-electron chi connectivity index (χ3n) is 9.29. The van der Waals surface area contributed by atoms with Gasteiger partial charge in [-0.05, 0) is 91.1 Å². The normalized spacial score (nSPS) is 42.2. The van der Waals surface area contributed by atoms with Gasteiger partial charge in [0.1, 0.15) is 0 Å². The Labute approximate surface area is 188 Å². The molecule has 172 valence electrons. The van der Waals surface area contributed by atoms with Crippen LogP contribution < -0.4 is 0 Å². The summed E-state index contributed by atoms with van der Waals surface area (Å²) in [6.45, 7) is 11.1. The fraction of sp³-hybridized carbons (Fsp3) is 0.714. The van der Waals surface area contributed by atoms with Gasteiger partial charge in [0, 0.05) is 6.42 Å². The van der Waals surface area contributed by atoms with Crippen LogP contribution in [0.25, 0.3) is 0 Å². The van der Waals surface area contributed by atoms with Crippen molar-refractivity contribution in [1.82, 2.24) is 0 Å². The summed E-state index contributed by atoms with van der Waals surface area (Å²) < 4.78 is 0. The van der Waals surface area contributed by atoms with E-state index in [4.69, 9.17) is 0 Å². The molecule has 0 aliphatic heterocycles. The molecule has 4 aliphatic rings. The third kappa shape index (κ3) is 4.51. The van der Waals surface area contributed by atoms with E-state index in [1.165, 1.54) is 31.3 Å². The molecule has 3 heteroatoms. The van der Waals surface area contributed by atoms with Gasteiger partial charge in [-0.2, -0.15) is 0 Å². The summed E-state index contributed by atoms with van der Waals surface area (Å²) in [5, 5.41) is 30.7. The van der Waals surface area contributed by atoms with Crippen LogP contribution in [-0.2, 0) is 0 Å². The Hall–Kier alpha value is -1.16. The molecule has 0 aromatic rings. The number of fused-ring (bicyclic) bond motifs is 1. The molecule has 0 unspecified atom stereocenters. The lowest BCUT2D eigenvalue weighted by Gasteiger charge is -2.44. The predicted molar refractivity (Wildman–Crippen MR) is 126 cm³/mol. The largest absolute Gasteiger partial charge is 0.393 e. The molecule has 0 heterocycles. The molecular formula is C28H42O3. The molecule has 0 aromatic carbocycles. The van der Waals surface area contributed by atoms with Crippen LogP contribution in [0, 0.1) is 28.6 Å². The first kappa shape index (κ1) is 23.0. The van der Waals surface area contributed by atoms with Crippen molar-refractivity contribution in [3.63, 3.8) is 0 Å². The Kier molecular flexibility index (Phi) is 6.42. The molecule has 3 N–H and O–H groups in total. The Morgan fingerprint density at radius 3 is 2.52 bits per heavy atom. The molecule has 7 atom stereocenters. The van der Waals surface area contributed by atoms with Crippen molar-refractivity contribution in [2.75, 3.05) is 0 Å². The number of rotatable bonds is 5. The fourth-order valence-electron chi connectivity index (χ4n) is 6.75. The summed E-state index contributed by atoms with van der Waals surface area (Å²) in [6, 6.07) is 0. The van der Waals surface area contributed by atoms with Crippen molar-refractivity contribution >= 4 is 0 Å². The minimum absolute atomic E-state index is 0.122. The van der Waals surface area contributed by atoms with Crippen LogP contribution in [0.15, 0.2) is 47.6 Å². The number of allylic oxidation sites excluding steroid dienone is 4. The molecular weight excluding hydrogens is 384 g/mol. The standard InChI is InChI=1S/C28H42O3/c1-18(7-12-26(31)27(3)14-15-27)23-10-11-24-20(6-5-13-28(23,24)4)8-9-21-16-22(29)17-25(30)19(21)2/h7-9,12,18,22-26,29-31H,2,5-6,10-11,13-17H2,1,3-4H3/b12-7+,20-8+,21-9-/t18-,22-,23-,24+,25+,26-,28-/m1/s1. The Balaban J connectivity index is 1.48. The zero-order valence-corrected chi connectivity index (χ0v) is 19.7. The minimum atomic E-state index is -0.623. The van der Waals surface area contributed by atoms with Crippen molar-refractivity contribution in [2.45, 2.75) is 96.9 Å². The van der Waals surface area contributed by atoms with E-state index in [1.54, 1.807) is 0 Å². The van der Waals surface area contributed by atoms with Crippen molar-refractivity contribution in [3.05, 3.63) is 47.6 Å². The maximum Gasteiger partial charge on any atom is 0.0811 e. The summed E-state index contributed by atoms with van der Waals surface area (Å²) >= 11 is 0. The minimum Gasteiger partial charge on any atom is -0.393 e. The van der Waals surface area contributed by atoms with E-state index in [9.17, 15) is 15.3 Å². The van der Waals surface area contributed by atoms with Gasteiger partial charge in [0.25, 0.3) is 0 Å². The summed E-state index contributed by atoms with van der Waals surface area (Å²) in [4.78, 5) is 0. The van der Waals surface area contributed by atoms with Gasteiger partial charge in [-0.25, -0.2) is 0 Å². The molecule has 4 fully saturated rings. The molecule has 0 bridgehead atoms. The number of hydrogen-bond donors (Lipinski definition) is 3. The average Bonchev–Trinajstić information content (AvgIpc) is 3.37. The Morgan fingerprint density at radius 2 is 1.81 bits per heavy atom. The highest BCUT2D eigenvalue weighted by molar-refractivity contribution is 5.38. The van der Waals surface area contributed by atoms with E-state index in [-0.39, 0.29) is 11.5 Å². The van der Waals surface area contributed by atoms with Crippen LogP contribution in [-0.4, -0.2) is 33.6 Å². The van der Waals surface area contributed by atoms with Crippen LogP contribution in [0.5, 0.6) is 0 Å². The van der Waals surface area contributed by atoms with Crippen molar-refractivity contribution in [1.29, 1.82) is 0 Å². The topological polar surface area (TPSA) is 60.7 Å². The zero-order chi connectivity index (χ0) is 22.4. The smallest absolute Gasteiger partial charge is 0.0811 e. The molecule has 0 aromatic heterocycles. The van der Waals surface area contributed by atoms with Gasteiger partial charge in [0.05, 0.1) is 18.3 Å². The summed E-state index contributed by atoms with van der Waals surface area (Å²) in [5.74, 6) is 1.74. The van der Waals surface area contributed by atoms with Gasteiger partial charge < -0.3 is 15.3 Å². The number of hydrogen-bond acceptors (Lipinski definition) is 3. The molecule has 0 amide bonds. The molecule has 4 rings (SSSR count). The van der Waals surface area contributed by atoms with Crippen LogP contribution in [0.3, 0.4) is 0 Å². The van der Waals surface area contributed by atoms with Crippen LogP contribution in [0.4, 0.5) is 0 Å². The summed E-state index contributed by atoms with van der Waals surface area (Å²) in [7, 11) is 0. The lowest BCUT2D eigenvalue weighted by molar-refractivity contribution is 0.0862. The van der Waals surface area contributed by atoms with E-state index in [1.807, 2.05) is 0 Å². The first-order valence-corrected chi connectivity index (χ1v) is 12.5. The third-order valence-corrected chi connectivity index (χ3v) is 9.29. The second-order valence-corrected chi connectivity index (χ2v) is 11.5. The number of aliphatic hydroxyl groups is 3. The van der Waals surface area contributed by atoms with Gasteiger partial charge in [-0.3, -0.25) is 0 Å². The van der Waals surface area contributed by atoms with Gasteiger partial charge in [-0.1, -0.05) is 57.2 Å². The Bertz CT molecular complexity index is 786.